The molecular weight excluding hydrogens is 348 g/mol. The highest BCUT2D eigenvalue weighted by atomic mass is 32.1. The first-order valence-electron chi connectivity index (χ1n) is 9.14. The number of benzene rings is 1. The van der Waals surface area contributed by atoms with Gasteiger partial charge in [0.15, 0.2) is 6.10 Å². The van der Waals surface area contributed by atoms with Crippen LogP contribution in [0, 0.1) is 0 Å². The molecule has 1 aromatic heterocycles. The van der Waals surface area contributed by atoms with Crippen molar-refractivity contribution < 1.29 is 14.3 Å². The van der Waals surface area contributed by atoms with Gasteiger partial charge in [0.05, 0.1) is 10.6 Å². The van der Waals surface area contributed by atoms with E-state index in [-0.39, 0.29) is 11.8 Å². The maximum atomic E-state index is 12.7. The zero-order valence-corrected chi connectivity index (χ0v) is 15.6. The van der Waals surface area contributed by atoms with Gasteiger partial charge in [0.1, 0.15) is 5.75 Å². The average Bonchev–Trinajstić information content (AvgIpc) is 2.98. The fourth-order valence-corrected chi connectivity index (χ4v) is 4.58. The normalized spacial score (nSPS) is 19.3. The van der Waals surface area contributed by atoms with E-state index in [1.807, 2.05) is 6.07 Å². The van der Waals surface area contributed by atoms with E-state index in [1.54, 1.807) is 36.5 Å². The van der Waals surface area contributed by atoms with Crippen molar-refractivity contribution in [3.63, 3.8) is 0 Å². The van der Waals surface area contributed by atoms with E-state index in [0.29, 0.717) is 17.1 Å². The van der Waals surface area contributed by atoms with Crippen LogP contribution in [0.5, 0.6) is 5.75 Å². The number of aryl methyl sites for hydroxylation is 2. The van der Waals surface area contributed by atoms with Crippen LogP contribution in [-0.2, 0) is 17.6 Å². The van der Waals surface area contributed by atoms with Gasteiger partial charge in [-0.2, -0.15) is 0 Å². The summed E-state index contributed by atoms with van der Waals surface area (Å²) in [4.78, 5) is 26.5. The fourth-order valence-electron chi connectivity index (χ4n) is 3.44. The van der Waals surface area contributed by atoms with Gasteiger partial charge in [-0.1, -0.05) is 12.8 Å². The Morgan fingerprint density at radius 3 is 2.85 bits per heavy atom. The number of rotatable bonds is 2. The molecule has 0 fully saturated rings. The molecule has 0 spiro atoms. The standard InChI is InChI=1S/C20H22N2O3S/c1-12-19(23)22-15-11-14(8-9-16(15)25-12)21-20(24)18-10-13-6-4-2-3-5-7-17(13)26-18/h8-12H,2-7H2,1H3,(H,21,24)(H,22,23)/t12-/m0/s1. The molecule has 0 saturated heterocycles. The summed E-state index contributed by atoms with van der Waals surface area (Å²) in [5.74, 6) is 0.339. The van der Waals surface area contributed by atoms with Gasteiger partial charge in [-0.3, -0.25) is 9.59 Å². The van der Waals surface area contributed by atoms with Crippen molar-refractivity contribution in [3.05, 3.63) is 39.6 Å². The lowest BCUT2D eigenvalue weighted by Crippen LogP contribution is -2.34. The van der Waals surface area contributed by atoms with E-state index in [9.17, 15) is 9.59 Å². The van der Waals surface area contributed by atoms with Gasteiger partial charge >= 0.3 is 0 Å². The van der Waals surface area contributed by atoms with Crippen molar-refractivity contribution in [2.24, 2.45) is 0 Å². The monoisotopic (exact) mass is 370 g/mol. The van der Waals surface area contributed by atoms with Gasteiger partial charge in [0.2, 0.25) is 0 Å². The number of nitrogens with one attached hydrogen (secondary N) is 2. The summed E-state index contributed by atoms with van der Waals surface area (Å²) in [5.41, 5.74) is 2.57. The van der Waals surface area contributed by atoms with Crippen LogP contribution in [0.1, 0.15) is 52.7 Å². The zero-order chi connectivity index (χ0) is 18.1. The highest BCUT2D eigenvalue weighted by Crippen LogP contribution is 2.33. The molecule has 1 aliphatic heterocycles. The molecular formula is C20H22N2O3S. The van der Waals surface area contributed by atoms with Gasteiger partial charge in [0.25, 0.3) is 11.8 Å². The molecule has 26 heavy (non-hydrogen) atoms. The third-order valence-electron chi connectivity index (χ3n) is 4.89. The highest BCUT2D eigenvalue weighted by molar-refractivity contribution is 7.14. The lowest BCUT2D eigenvalue weighted by molar-refractivity contribution is -0.122. The number of carbonyl (C=O) groups is 2. The number of fused-ring (bicyclic) bond motifs is 2. The van der Waals surface area contributed by atoms with Crippen LogP contribution >= 0.6 is 11.3 Å². The topological polar surface area (TPSA) is 67.4 Å². The second kappa shape index (κ2) is 7.11. The minimum atomic E-state index is -0.506. The smallest absolute Gasteiger partial charge is 0.265 e. The molecule has 0 bridgehead atoms. The zero-order valence-electron chi connectivity index (χ0n) is 14.8. The number of hydrogen-bond acceptors (Lipinski definition) is 4. The summed E-state index contributed by atoms with van der Waals surface area (Å²) in [6, 6.07) is 7.35. The quantitative estimate of drug-likeness (QED) is 0.824. The first-order valence-corrected chi connectivity index (χ1v) is 9.96. The van der Waals surface area contributed by atoms with Crippen molar-refractivity contribution >= 4 is 34.5 Å². The van der Waals surface area contributed by atoms with Crippen LogP contribution in [-0.4, -0.2) is 17.9 Å². The number of hydrogen-bond donors (Lipinski definition) is 2. The predicted octanol–water partition coefficient (Wildman–Crippen LogP) is 4.38. The maximum Gasteiger partial charge on any atom is 0.265 e. The van der Waals surface area contributed by atoms with Gasteiger partial charge in [-0.05, 0) is 62.4 Å². The first kappa shape index (κ1) is 17.1. The van der Waals surface area contributed by atoms with Gasteiger partial charge in [-0.25, -0.2) is 0 Å². The van der Waals surface area contributed by atoms with E-state index in [1.165, 1.54) is 36.1 Å². The molecule has 2 aromatic rings. The molecule has 1 aliphatic carbocycles. The average molecular weight is 370 g/mol. The molecule has 136 valence electrons. The Balaban J connectivity index is 1.51. The van der Waals surface area contributed by atoms with Crippen LogP contribution < -0.4 is 15.4 Å². The Bertz CT molecular complexity index is 833. The Morgan fingerprint density at radius 2 is 2.00 bits per heavy atom. The molecule has 5 nitrogen and oxygen atoms in total. The molecule has 0 saturated carbocycles. The summed E-state index contributed by atoms with van der Waals surface area (Å²) in [6.07, 6.45) is 6.60. The molecule has 2 aliphatic rings. The molecule has 2 N–H and O–H groups in total. The number of amides is 2. The van der Waals surface area contributed by atoms with Crippen molar-refractivity contribution in [3.8, 4) is 5.75 Å². The van der Waals surface area contributed by atoms with E-state index in [2.05, 4.69) is 10.6 Å². The Hall–Kier alpha value is -2.34. The first-order chi connectivity index (χ1) is 12.6. The Kier molecular flexibility index (Phi) is 4.68. The third-order valence-corrected chi connectivity index (χ3v) is 6.12. The third kappa shape index (κ3) is 3.46. The lowest BCUT2D eigenvalue weighted by Gasteiger charge is -2.23. The summed E-state index contributed by atoms with van der Waals surface area (Å²) < 4.78 is 5.54. The van der Waals surface area contributed by atoms with Crippen molar-refractivity contribution in [1.29, 1.82) is 0 Å². The fraction of sp³-hybridized carbons (Fsp3) is 0.400. The molecule has 1 atom stereocenters. The summed E-state index contributed by atoms with van der Waals surface area (Å²) >= 11 is 1.61. The summed E-state index contributed by atoms with van der Waals surface area (Å²) in [5, 5.41) is 5.74. The number of ether oxygens (including phenoxy) is 1. The molecule has 6 heteroatoms. The largest absolute Gasteiger partial charge is 0.479 e. The minimum absolute atomic E-state index is 0.0990. The maximum absolute atomic E-state index is 12.7. The molecule has 4 rings (SSSR count). The molecule has 2 amide bonds. The van der Waals surface area contributed by atoms with E-state index >= 15 is 0 Å². The van der Waals surface area contributed by atoms with Crippen LogP contribution in [0.25, 0.3) is 0 Å². The van der Waals surface area contributed by atoms with Gasteiger partial charge in [-0.15, -0.1) is 11.3 Å². The van der Waals surface area contributed by atoms with Crippen LogP contribution in [0.3, 0.4) is 0 Å². The van der Waals surface area contributed by atoms with Crippen LogP contribution in [0.4, 0.5) is 11.4 Å². The Labute approximate surface area is 156 Å². The van der Waals surface area contributed by atoms with Crippen molar-refractivity contribution in [2.45, 2.75) is 51.6 Å². The van der Waals surface area contributed by atoms with E-state index in [4.69, 9.17) is 4.74 Å². The molecule has 1 aromatic carbocycles. The van der Waals surface area contributed by atoms with Crippen LogP contribution in [0.15, 0.2) is 24.3 Å². The van der Waals surface area contributed by atoms with Crippen molar-refractivity contribution in [2.75, 3.05) is 10.6 Å². The summed E-state index contributed by atoms with van der Waals surface area (Å²) in [6.45, 7) is 1.71. The highest BCUT2D eigenvalue weighted by Gasteiger charge is 2.24. The minimum Gasteiger partial charge on any atom is -0.479 e. The lowest BCUT2D eigenvalue weighted by atomic mass is 10.00. The summed E-state index contributed by atoms with van der Waals surface area (Å²) in [7, 11) is 0. The van der Waals surface area contributed by atoms with Crippen molar-refractivity contribution in [1.82, 2.24) is 0 Å². The molecule has 0 radical (unpaired) electrons. The second-order valence-corrected chi connectivity index (χ2v) is 8.02. The second-order valence-electron chi connectivity index (χ2n) is 6.89. The van der Waals surface area contributed by atoms with E-state index < -0.39 is 6.10 Å². The van der Waals surface area contributed by atoms with E-state index in [0.717, 1.165) is 17.7 Å². The number of carbonyl (C=O) groups excluding carboxylic acids is 2. The van der Waals surface area contributed by atoms with Gasteiger partial charge < -0.3 is 15.4 Å². The molecule has 2 heterocycles. The Morgan fingerprint density at radius 1 is 1.19 bits per heavy atom. The number of thiophene rings is 1. The van der Waals surface area contributed by atoms with Crippen LogP contribution in [0.2, 0.25) is 0 Å². The predicted molar refractivity (Wildman–Crippen MR) is 103 cm³/mol. The SMILES string of the molecule is C[C@@H]1Oc2ccc(NC(=O)c3cc4c(s3)CCCCCC4)cc2NC1=O. The number of anilines is 2. The van der Waals surface area contributed by atoms with Gasteiger partial charge in [0, 0.05) is 10.6 Å². The molecule has 0 unspecified atom stereocenters.